The number of nitrogens with zero attached hydrogens (tertiary/aromatic N) is 2. The van der Waals surface area contributed by atoms with Crippen LogP contribution in [0.5, 0.6) is 0 Å². The topological polar surface area (TPSA) is 79.0 Å². The number of fused-ring (bicyclic) bond motifs is 2. The molecular weight excluding hydrogens is 310 g/mol. The highest BCUT2D eigenvalue weighted by Gasteiger charge is 2.55. The molecule has 1 aromatic carbocycles. The second kappa shape index (κ2) is 5.59. The number of hydrogen-bond acceptors (Lipinski definition) is 4. The van der Waals surface area contributed by atoms with Crippen LogP contribution in [-0.4, -0.2) is 60.5 Å². The van der Waals surface area contributed by atoms with Crippen molar-refractivity contribution in [2.45, 2.75) is 18.4 Å². The smallest absolute Gasteiger partial charge is 0.325 e. The number of amides is 4. The van der Waals surface area contributed by atoms with Gasteiger partial charge in [0.15, 0.2) is 0 Å². The van der Waals surface area contributed by atoms with Gasteiger partial charge in [0.1, 0.15) is 12.1 Å². The lowest BCUT2D eigenvalue weighted by molar-refractivity contribution is -0.141. The molecule has 4 rings (SSSR count). The Morgan fingerprint density at radius 2 is 1.96 bits per heavy atom. The molecule has 1 atom stereocenters. The Balaban J connectivity index is 1.55. The third-order valence-electron chi connectivity index (χ3n) is 5.08. The SMILES string of the molecule is O=C(CN1C(=O)N[C@]2(CCc3ccccc32)C1=O)N1CCOCC1. The Hall–Kier alpha value is -2.41. The fraction of sp³-hybridized carbons (Fsp3) is 0.471. The molecule has 3 aliphatic rings. The summed E-state index contributed by atoms with van der Waals surface area (Å²) in [6.07, 6.45) is 1.28. The van der Waals surface area contributed by atoms with Crippen LogP contribution in [0, 0.1) is 0 Å². The molecule has 0 aromatic heterocycles. The average molecular weight is 329 g/mol. The Labute approximate surface area is 139 Å². The van der Waals surface area contributed by atoms with Gasteiger partial charge in [-0.15, -0.1) is 0 Å². The summed E-state index contributed by atoms with van der Waals surface area (Å²) in [6, 6.07) is 7.17. The van der Waals surface area contributed by atoms with Gasteiger partial charge in [-0.1, -0.05) is 24.3 Å². The molecule has 2 saturated heterocycles. The Kier molecular flexibility index (Phi) is 3.53. The minimum Gasteiger partial charge on any atom is -0.378 e. The number of ether oxygens (including phenoxy) is 1. The molecule has 0 radical (unpaired) electrons. The van der Waals surface area contributed by atoms with Crippen molar-refractivity contribution >= 4 is 17.8 Å². The molecule has 0 bridgehead atoms. The van der Waals surface area contributed by atoms with Crippen molar-refractivity contribution in [3.8, 4) is 0 Å². The van der Waals surface area contributed by atoms with Gasteiger partial charge in [0.25, 0.3) is 5.91 Å². The number of hydrogen-bond donors (Lipinski definition) is 1. The number of rotatable bonds is 2. The van der Waals surface area contributed by atoms with Gasteiger partial charge in [-0.25, -0.2) is 4.79 Å². The molecule has 0 unspecified atom stereocenters. The second-order valence-electron chi connectivity index (χ2n) is 6.38. The van der Waals surface area contributed by atoms with Gasteiger partial charge in [-0.3, -0.25) is 14.5 Å². The summed E-state index contributed by atoms with van der Waals surface area (Å²) >= 11 is 0. The van der Waals surface area contributed by atoms with E-state index in [2.05, 4.69) is 5.32 Å². The van der Waals surface area contributed by atoms with Gasteiger partial charge in [0, 0.05) is 13.1 Å². The van der Waals surface area contributed by atoms with Gasteiger partial charge in [-0.05, 0) is 24.0 Å². The van der Waals surface area contributed by atoms with Crippen molar-refractivity contribution in [3.05, 3.63) is 35.4 Å². The first-order chi connectivity index (χ1) is 11.6. The zero-order valence-corrected chi connectivity index (χ0v) is 13.3. The zero-order valence-electron chi connectivity index (χ0n) is 13.3. The maximum absolute atomic E-state index is 13.0. The molecule has 2 fully saturated rings. The fourth-order valence-corrected chi connectivity index (χ4v) is 3.78. The number of imide groups is 1. The van der Waals surface area contributed by atoms with Gasteiger partial charge < -0.3 is 15.0 Å². The predicted molar refractivity (Wildman–Crippen MR) is 84.1 cm³/mol. The number of nitrogens with one attached hydrogen (secondary N) is 1. The van der Waals surface area contributed by atoms with Crippen LogP contribution in [-0.2, 0) is 26.3 Å². The highest BCUT2D eigenvalue weighted by atomic mass is 16.5. The van der Waals surface area contributed by atoms with Crippen LogP contribution >= 0.6 is 0 Å². The van der Waals surface area contributed by atoms with Crippen LogP contribution in [0.2, 0.25) is 0 Å². The average Bonchev–Trinajstić information content (AvgIpc) is 3.10. The lowest BCUT2D eigenvalue weighted by Gasteiger charge is -2.28. The number of benzene rings is 1. The molecule has 0 saturated carbocycles. The first kappa shape index (κ1) is 15.1. The third-order valence-corrected chi connectivity index (χ3v) is 5.08. The van der Waals surface area contributed by atoms with Crippen molar-refractivity contribution in [3.63, 3.8) is 0 Å². The monoisotopic (exact) mass is 329 g/mol. The third kappa shape index (κ3) is 2.19. The van der Waals surface area contributed by atoms with E-state index in [1.165, 1.54) is 0 Å². The molecule has 24 heavy (non-hydrogen) atoms. The van der Waals surface area contributed by atoms with Crippen LogP contribution in [0.4, 0.5) is 4.79 Å². The maximum Gasteiger partial charge on any atom is 0.325 e. The number of urea groups is 1. The van der Waals surface area contributed by atoms with E-state index in [9.17, 15) is 14.4 Å². The quantitative estimate of drug-likeness (QED) is 0.788. The molecule has 1 aromatic rings. The van der Waals surface area contributed by atoms with Crippen LogP contribution in [0.25, 0.3) is 0 Å². The number of morpholine rings is 1. The first-order valence-corrected chi connectivity index (χ1v) is 8.20. The van der Waals surface area contributed by atoms with E-state index in [4.69, 9.17) is 4.74 Å². The predicted octanol–water partition coefficient (Wildman–Crippen LogP) is 0.239. The molecule has 2 heterocycles. The van der Waals surface area contributed by atoms with Gasteiger partial charge in [0.05, 0.1) is 13.2 Å². The number of carbonyl (C=O) groups is 3. The van der Waals surface area contributed by atoms with Crippen molar-refractivity contribution in [1.82, 2.24) is 15.1 Å². The van der Waals surface area contributed by atoms with E-state index < -0.39 is 11.6 Å². The Morgan fingerprint density at radius 1 is 1.21 bits per heavy atom. The van der Waals surface area contributed by atoms with Crippen LogP contribution < -0.4 is 5.32 Å². The van der Waals surface area contributed by atoms with E-state index in [-0.39, 0.29) is 18.4 Å². The van der Waals surface area contributed by atoms with E-state index in [1.54, 1.807) is 4.90 Å². The number of carbonyl (C=O) groups excluding carboxylic acids is 3. The van der Waals surface area contributed by atoms with Gasteiger partial charge >= 0.3 is 6.03 Å². The fourth-order valence-electron chi connectivity index (χ4n) is 3.78. The summed E-state index contributed by atoms with van der Waals surface area (Å²) in [5.74, 6) is -0.538. The molecule has 2 aliphatic heterocycles. The molecule has 1 N–H and O–H groups in total. The molecule has 4 amide bonds. The normalized spacial score (nSPS) is 26.0. The Bertz CT molecular complexity index is 714. The van der Waals surface area contributed by atoms with Crippen molar-refractivity contribution in [2.24, 2.45) is 0 Å². The van der Waals surface area contributed by atoms with E-state index in [1.807, 2.05) is 24.3 Å². The summed E-state index contributed by atoms with van der Waals surface area (Å²) in [7, 11) is 0. The summed E-state index contributed by atoms with van der Waals surface area (Å²) in [5, 5.41) is 2.84. The van der Waals surface area contributed by atoms with Crippen molar-refractivity contribution in [2.75, 3.05) is 32.8 Å². The minimum absolute atomic E-state index is 0.214. The highest BCUT2D eigenvalue weighted by Crippen LogP contribution is 2.41. The summed E-state index contributed by atoms with van der Waals surface area (Å²) in [6.45, 7) is 1.76. The highest BCUT2D eigenvalue weighted by molar-refractivity contribution is 6.09. The lowest BCUT2D eigenvalue weighted by atomic mass is 9.92. The summed E-state index contributed by atoms with van der Waals surface area (Å²) < 4.78 is 5.22. The lowest BCUT2D eigenvalue weighted by Crippen LogP contribution is -2.48. The van der Waals surface area contributed by atoms with Gasteiger partial charge in [-0.2, -0.15) is 0 Å². The van der Waals surface area contributed by atoms with E-state index in [0.29, 0.717) is 32.7 Å². The van der Waals surface area contributed by atoms with Crippen LogP contribution in [0.3, 0.4) is 0 Å². The maximum atomic E-state index is 13.0. The zero-order chi connectivity index (χ0) is 16.7. The van der Waals surface area contributed by atoms with Crippen molar-refractivity contribution < 1.29 is 19.1 Å². The minimum atomic E-state index is -1.00. The standard InChI is InChI=1S/C17H19N3O4/c21-14(19-7-9-24-10-8-19)11-20-15(22)17(18-16(20)23)6-5-12-3-1-2-4-13(12)17/h1-4H,5-11H2,(H,18,23)/t17-/m0/s1. The number of aryl methyl sites for hydroxylation is 1. The van der Waals surface area contributed by atoms with Crippen LogP contribution in [0.15, 0.2) is 24.3 Å². The van der Waals surface area contributed by atoms with Crippen molar-refractivity contribution in [1.29, 1.82) is 0 Å². The van der Waals surface area contributed by atoms with E-state index in [0.717, 1.165) is 22.4 Å². The first-order valence-electron chi connectivity index (χ1n) is 8.20. The molecule has 126 valence electrons. The second-order valence-corrected chi connectivity index (χ2v) is 6.38. The van der Waals surface area contributed by atoms with Gasteiger partial charge in [0.2, 0.25) is 5.91 Å². The molecule has 7 nitrogen and oxygen atoms in total. The molecule has 7 heteroatoms. The van der Waals surface area contributed by atoms with E-state index >= 15 is 0 Å². The summed E-state index contributed by atoms with van der Waals surface area (Å²) in [4.78, 5) is 40.4. The van der Waals surface area contributed by atoms with Crippen LogP contribution in [0.1, 0.15) is 17.5 Å². The largest absolute Gasteiger partial charge is 0.378 e. The molecular formula is C17H19N3O4. The Morgan fingerprint density at radius 3 is 2.75 bits per heavy atom. The summed E-state index contributed by atoms with van der Waals surface area (Å²) in [5.41, 5.74) is 0.927. The molecule has 1 spiro atoms. The molecule has 1 aliphatic carbocycles.